The first-order valence-electron chi connectivity index (χ1n) is 8.08. The monoisotopic (exact) mass is 340 g/mol. The van der Waals surface area contributed by atoms with Crippen molar-refractivity contribution in [3.8, 4) is 0 Å². The lowest BCUT2D eigenvalue weighted by Gasteiger charge is -2.35. The van der Waals surface area contributed by atoms with Crippen molar-refractivity contribution >= 4 is 16.0 Å². The summed E-state index contributed by atoms with van der Waals surface area (Å²) in [5.41, 5.74) is 1.14. The van der Waals surface area contributed by atoms with Gasteiger partial charge in [0.25, 0.3) is 0 Å². The minimum absolute atomic E-state index is 0.0275. The second kappa shape index (κ2) is 6.70. The number of sulfonamides is 1. The predicted molar refractivity (Wildman–Crippen MR) is 87.8 cm³/mol. The lowest BCUT2D eigenvalue weighted by molar-refractivity contribution is 0.0930. The fraction of sp³-hybridized carbons (Fsp3) is 0.733. The number of piperidine rings is 1. The number of hydrogen-bond acceptors (Lipinski definition) is 6. The van der Waals surface area contributed by atoms with Crippen LogP contribution in [0.5, 0.6) is 0 Å². The van der Waals surface area contributed by atoms with E-state index >= 15 is 0 Å². The Kier molecular flexibility index (Phi) is 4.84. The largest absolute Gasteiger partial charge is 0.376 e. The Balaban J connectivity index is 1.59. The van der Waals surface area contributed by atoms with Gasteiger partial charge in [-0.1, -0.05) is 6.92 Å². The quantitative estimate of drug-likeness (QED) is 0.837. The molecule has 2 saturated heterocycles. The Morgan fingerprint density at radius 3 is 2.78 bits per heavy atom. The highest BCUT2D eigenvalue weighted by molar-refractivity contribution is 7.88. The maximum atomic E-state index is 11.2. The van der Waals surface area contributed by atoms with Gasteiger partial charge in [-0.15, -0.1) is 0 Å². The van der Waals surface area contributed by atoms with E-state index in [0.717, 1.165) is 37.4 Å². The normalized spacial score (nSPS) is 27.9. The molecule has 0 spiro atoms. The van der Waals surface area contributed by atoms with Gasteiger partial charge < -0.3 is 9.64 Å². The summed E-state index contributed by atoms with van der Waals surface area (Å²) >= 11 is 0. The maximum absolute atomic E-state index is 11.2. The van der Waals surface area contributed by atoms with E-state index in [0.29, 0.717) is 25.0 Å². The van der Waals surface area contributed by atoms with Crippen LogP contribution in [0, 0.1) is 11.8 Å². The van der Waals surface area contributed by atoms with Gasteiger partial charge in [-0.05, 0) is 24.3 Å². The van der Waals surface area contributed by atoms with Gasteiger partial charge in [-0.3, -0.25) is 0 Å². The molecule has 7 nitrogen and oxygen atoms in total. The smallest absolute Gasteiger partial charge is 0.225 e. The molecule has 3 rings (SSSR count). The molecule has 1 aromatic heterocycles. The molecule has 2 aliphatic rings. The zero-order chi connectivity index (χ0) is 16.4. The summed E-state index contributed by atoms with van der Waals surface area (Å²) in [5.74, 6) is 1.58. The first-order chi connectivity index (χ1) is 11.0. The summed E-state index contributed by atoms with van der Waals surface area (Å²) in [7, 11) is -3.17. The number of fused-ring (bicyclic) bond motifs is 1. The Labute approximate surface area is 137 Å². The average Bonchev–Trinajstić information content (AvgIpc) is 2.94. The number of nitrogens with zero attached hydrogens (tertiary/aromatic N) is 3. The van der Waals surface area contributed by atoms with E-state index < -0.39 is 10.0 Å². The Hall–Kier alpha value is -1.25. The Morgan fingerprint density at radius 1 is 1.39 bits per heavy atom. The molecule has 0 unspecified atom stereocenters. The third kappa shape index (κ3) is 3.99. The zero-order valence-corrected chi connectivity index (χ0v) is 14.4. The molecule has 0 aromatic carbocycles. The van der Waals surface area contributed by atoms with Crippen molar-refractivity contribution in [1.82, 2.24) is 14.7 Å². The molecule has 0 radical (unpaired) electrons. The number of aryl methyl sites for hydroxylation is 1. The van der Waals surface area contributed by atoms with Gasteiger partial charge in [0.2, 0.25) is 16.0 Å². The molecule has 0 aliphatic carbocycles. The number of aromatic nitrogens is 2. The van der Waals surface area contributed by atoms with Gasteiger partial charge in [0.05, 0.1) is 19.0 Å². The predicted octanol–water partition coefficient (Wildman–Crippen LogP) is 0.430. The van der Waals surface area contributed by atoms with Crippen LogP contribution < -0.4 is 9.62 Å². The fourth-order valence-corrected chi connectivity index (χ4v) is 3.87. The van der Waals surface area contributed by atoms with Crippen LogP contribution in [0.2, 0.25) is 0 Å². The second-order valence-corrected chi connectivity index (χ2v) is 8.23. The van der Waals surface area contributed by atoms with Gasteiger partial charge in [0, 0.05) is 37.9 Å². The first kappa shape index (κ1) is 16.6. The highest BCUT2D eigenvalue weighted by atomic mass is 32.2. The third-order valence-corrected chi connectivity index (χ3v) is 5.42. The molecule has 0 amide bonds. The zero-order valence-electron chi connectivity index (χ0n) is 13.6. The average molecular weight is 340 g/mol. The standard InChI is InChI=1S/C15H24N4O3S/c1-3-11-6-16-15(17-7-11)19-5-4-13-12(9-19)10-22-14(13)8-18-23(2,20)21/h6-7,12-14,18H,3-5,8-10H2,1-2H3/t12-,13-,14+/m0/s1. The van der Waals surface area contributed by atoms with Crippen LogP contribution >= 0.6 is 0 Å². The van der Waals surface area contributed by atoms with Gasteiger partial charge in [-0.2, -0.15) is 0 Å². The molecular weight excluding hydrogens is 316 g/mol. The Bertz CT molecular complexity index is 635. The van der Waals surface area contributed by atoms with Crippen molar-refractivity contribution in [3.63, 3.8) is 0 Å². The van der Waals surface area contributed by atoms with E-state index in [1.165, 1.54) is 6.26 Å². The number of nitrogens with one attached hydrogen (secondary N) is 1. The minimum Gasteiger partial charge on any atom is -0.376 e. The van der Waals surface area contributed by atoms with E-state index in [1.807, 2.05) is 12.4 Å². The topological polar surface area (TPSA) is 84.4 Å². The molecule has 8 heteroatoms. The van der Waals surface area contributed by atoms with E-state index in [4.69, 9.17) is 4.74 Å². The summed E-state index contributed by atoms with van der Waals surface area (Å²) in [6, 6.07) is 0. The lowest BCUT2D eigenvalue weighted by atomic mass is 9.84. The molecule has 2 fully saturated rings. The number of hydrogen-bond donors (Lipinski definition) is 1. The summed E-state index contributed by atoms with van der Waals surface area (Å²) in [4.78, 5) is 11.1. The highest BCUT2D eigenvalue weighted by Gasteiger charge is 2.41. The van der Waals surface area contributed by atoms with Gasteiger partial charge in [-0.25, -0.2) is 23.1 Å². The molecule has 1 aromatic rings. The van der Waals surface area contributed by atoms with Crippen molar-refractivity contribution in [2.45, 2.75) is 25.9 Å². The summed E-state index contributed by atoms with van der Waals surface area (Å²) in [6.45, 7) is 4.87. The van der Waals surface area contributed by atoms with E-state index in [9.17, 15) is 8.42 Å². The van der Waals surface area contributed by atoms with Crippen LogP contribution in [-0.4, -0.2) is 57.0 Å². The van der Waals surface area contributed by atoms with Crippen LogP contribution in [0.4, 0.5) is 5.95 Å². The molecule has 23 heavy (non-hydrogen) atoms. The van der Waals surface area contributed by atoms with Crippen molar-refractivity contribution in [2.75, 3.05) is 37.4 Å². The molecule has 3 atom stereocenters. The molecule has 0 bridgehead atoms. The second-order valence-electron chi connectivity index (χ2n) is 6.40. The van der Waals surface area contributed by atoms with E-state index in [2.05, 4.69) is 26.5 Å². The van der Waals surface area contributed by atoms with Gasteiger partial charge in [0.1, 0.15) is 0 Å². The molecule has 2 aliphatic heterocycles. The summed E-state index contributed by atoms with van der Waals surface area (Å²) < 4.78 is 30.9. The Morgan fingerprint density at radius 2 is 2.13 bits per heavy atom. The van der Waals surface area contributed by atoms with Crippen LogP contribution in [0.25, 0.3) is 0 Å². The van der Waals surface area contributed by atoms with Crippen molar-refractivity contribution < 1.29 is 13.2 Å². The van der Waals surface area contributed by atoms with Crippen molar-refractivity contribution in [1.29, 1.82) is 0 Å². The number of anilines is 1. The fourth-order valence-electron chi connectivity index (χ4n) is 3.41. The molecule has 3 heterocycles. The van der Waals surface area contributed by atoms with Crippen molar-refractivity contribution in [2.24, 2.45) is 11.8 Å². The van der Waals surface area contributed by atoms with E-state index in [-0.39, 0.29) is 6.10 Å². The third-order valence-electron chi connectivity index (χ3n) is 4.72. The SMILES string of the molecule is CCc1cnc(N2CC[C@H]3[C@H](CO[C@@H]3CNS(C)(=O)=O)C2)nc1. The molecule has 1 N–H and O–H groups in total. The minimum atomic E-state index is -3.17. The lowest BCUT2D eigenvalue weighted by Crippen LogP contribution is -2.44. The summed E-state index contributed by atoms with van der Waals surface area (Å²) in [6.07, 6.45) is 6.84. The van der Waals surface area contributed by atoms with Crippen LogP contribution in [0.1, 0.15) is 18.9 Å². The highest BCUT2D eigenvalue weighted by Crippen LogP contribution is 2.35. The van der Waals surface area contributed by atoms with Crippen LogP contribution in [0.15, 0.2) is 12.4 Å². The first-order valence-corrected chi connectivity index (χ1v) is 9.97. The van der Waals surface area contributed by atoms with E-state index in [1.54, 1.807) is 0 Å². The van der Waals surface area contributed by atoms with Crippen LogP contribution in [-0.2, 0) is 21.2 Å². The summed E-state index contributed by atoms with van der Waals surface area (Å²) in [5, 5.41) is 0. The molecule has 0 saturated carbocycles. The molecular formula is C15H24N4O3S. The number of rotatable bonds is 5. The molecule has 128 valence electrons. The van der Waals surface area contributed by atoms with Crippen molar-refractivity contribution in [3.05, 3.63) is 18.0 Å². The maximum Gasteiger partial charge on any atom is 0.225 e. The van der Waals surface area contributed by atoms with Gasteiger partial charge in [0.15, 0.2) is 0 Å². The number of ether oxygens (including phenoxy) is 1. The van der Waals surface area contributed by atoms with Crippen LogP contribution in [0.3, 0.4) is 0 Å². The van der Waals surface area contributed by atoms with Gasteiger partial charge >= 0.3 is 0 Å².